The minimum absolute atomic E-state index is 0.0209. The molecule has 33 heavy (non-hydrogen) atoms. The number of rotatable bonds is 8. The fourth-order valence-electron chi connectivity index (χ4n) is 4.08. The zero-order valence-electron chi connectivity index (χ0n) is 18.7. The Hall–Kier alpha value is -2.66. The third-order valence-corrected chi connectivity index (χ3v) is 5.83. The number of carbonyl (C=O) groups excluding carboxylic acids is 3. The van der Waals surface area contributed by atoms with Crippen molar-refractivity contribution in [1.82, 2.24) is 4.90 Å². The smallest absolute Gasteiger partial charge is 0.370 e. The van der Waals surface area contributed by atoms with Crippen molar-refractivity contribution in [2.45, 2.75) is 51.4 Å². The van der Waals surface area contributed by atoms with Crippen molar-refractivity contribution in [2.24, 2.45) is 11.7 Å². The highest BCUT2D eigenvalue weighted by Gasteiger charge is 2.40. The zero-order valence-corrected chi connectivity index (χ0v) is 18.7. The molecule has 8 nitrogen and oxygen atoms in total. The molecule has 0 spiro atoms. The average Bonchev–Trinajstić information content (AvgIpc) is 2.66. The number of nitrogens with zero attached hydrogens (tertiary/aromatic N) is 2. The summed E-state index contributed by atoms with van der Waals surface area (Å²) in [4.78, 5) is 40.2. The van der Waals surface area contributed by atoms with E-state index in [1.165, 1.54) is 11.0 Å². The van der Waals surface area contributed by atoms with Gasteiger partial charge in [0.05, 0.1) is 17.9 Å². The molecule has 2 aliphatic rings. The van der Waals surface area contributed by atoms with Gasteiger partial charge in [-0.3, -0.25) is 19.3 Å². The van der Waals surface area contributed by atoms with Crippen LogP contribution in [0.25, 0.3) is 0 Å². The van der Waals surface area contributed by atoms with Crippen LogP contribution in [0.4, 0.5) is 24.5 Å². The van der Waals surface area contributed by atoms with E-state index < -0.39 is 41.2 Å². The number of anilines is 2. The summed E-state index contributed by atoms with van der Waals surface area (Å²) >= 11 is 0. The first kappa shape index (κ1) is 25.0. The number of carbonyl (C=O) groups is 3. The number of hydrogen-bond acceptors (Lipinski definition) is 5. The second-order valence-corrected chi connectivity index (χ2v) is 8.80. The summed E-state index contributed by atoms with van der Waals surface area (Å²) < 4.78 is 46.6. The number of hydrogen-bond donors (Lipinski definition) is 2. The highest BCUT2D eigenvalue weighted by molar-refractivity contribution is 6.10. The van der Waals surface area contributed by atoms with E-state index in [1.54, 1.807) is 4.90 Å². The topological polar surface area (TPSA) is 105 Å². The molecule has 0 aromatic heterocycles. The molecule has 2 fully saturated rings. The summed E-state index contributed by atoms with van der Waals surface area (Å²) in [5.74, 6) is -2.15. The van der Waals surface area contributed by atoms with Crippen molar-refractivity contribution in [3.05, 3.63) is 23.8 Å². The number of amides is 3. The Balaban J connectivity index is 1.90. The summed E-state index contributed by atoms with van der Waals surface area (Å²) in [5.41, 5.74) is 3.96. The molecule has 11 heteroatoms. The molecule has 3 N–H and O–H groups in total. The van der Waals surface area contributed by atoms with Crippen molar-refractivity contribution >= 4 is 29.1 Å². The summed E-state index contributed by atoms with van der Waals surface area (Å²) in [5, 5.41) is 2.27. The van der Waals surface area contributed by atoms with E-state index in [0.29, 0.717) is 6.54 Å². The van der Waals surface area contributed by atoms with Crippen LogP contribution in [0.2, 0.25) is 0 Å². The number of benzene rings is 1. The maximum absolute atomic E-state index is 13.8. The Morgan fingerprint density at radius 2 is 2.00 bits per heavy atom. The Morgan fingerprint density at radius 1 is 1.30 bits per heavy atom. The lowest BCUT2D eigenvalue weighted by atomic mass is 9.89. The minimum atomic E-state index is -4.80. The standard InChI is InChI=1S/C22H29F3N4O4/c1-13(2)11-29(14-4-3-5-14)19(20(26)31)21(32)27-17-7-6-15(10-16(17)22(23,24)25)28-8-9-33-12-18(28)30/h6-7,10,13-14,19H,3-5,8-9,11-12H2,1-2H3,(H2,26,31)(H,27,32)/t19-/m0/s1. The fourth-order valence-corrected chi connectivity index (χ4v) is 4.08. The van der Waals surface area contributed by atoms with Crippen LogP contribution in [-0.4, -0.2) is 61.0 Å². The molecule has 1 aromatic carbocycles. The molecular weight excluding hydrogens is 441 g/mol. The summed E-state index contributed by atoms with van der Waals surface area (Å²) in [6.07, 6.45) is -2.27. The fraction of sp³-hybridized carbons (Fsp3) is 0.591. The predicted molar refractivity (Wildman–Crippen MR) is 115 cm³/mol. The van der Waals surface area contributed by atoms with Crippen LogP contribution in [-0.2, 0) is 25.3 Å². The van der Waals surface area contributed by atoms with Crippen LogP contribution >= 0.6 is 0 Å². The highest BCUT2D eigenvalue weighted by Crippen LogP contribution is 2.38. The Labute approximate surface area is 190 Å². The number of nitrogens with two attached hydrogens (primary N) is 1. The van der Waals surface area contributed by atoms with Gasteiger partial charge in [0.1, 0.15) is 6.61 Å². The van der Waals surface area contributed by atoms with Crippen molar-refractivity contribution in [3.63, 3.8) is 0 Å². The molecule has 0 bridgehead atoms. The van der Waals surface area contributed by atoms with Gasteiger partial charge in [0.2, 0.25) is 5.91 Å². The van der Waals surface area contributed by atoms with E-state index in [1.807, 2.05) is 13.8 Å². The third kappa shape index (κ3) is 5.83. The number of primary amides is 1. The predicted octanol–water partition coefficient (Wildman–Crippen LogP) is 2.37. The Bertz CT molecular complexity index is 902. The summed E-state index contributed by atoms with van der Waals surface area (Å²) in [7, 11) is 0. The molecule has 1 aliphatic carbocycles. The molecular formula is C22H29F3N4O4. The second-order valence-electron chi connectivity index (χ2n) is 8.80. The van der Waals surface area contributed by atoms with Crippen LogP contribution in [0, 0.1) is 5.92 Å². The lowest BCUT2D eigenvalue weighted by Crippen LogP contribution is -2.58. The maximum Gasteiger partial charge on any atom is 0.418 e. The molecule has 182 valence electrons. The lowest BCUT2D eigenvalue weighted by molar-refractivity contribution is -0.137. The minimum Gasteiger partial charge on any atom is -0.370 e. The third-order valence-electron chi connectivity index (χ3n) is 5.83. The van der Waals surface area contributed by atoms with Gasteiger partial charge in [-0.1, -0.05) is 20.3 Å². The summed E-state index contributed by atoms with van der Waals surface area (Å²) in [6.45, 7) is 4.38. The normalized spacial score (nSPS) is 18.4. The van der Waals surface area contributed by atoms with Gasteiger partial charge in [-0.25, -0.2) is 0 Å². The van der Waals surface area contributed by atoms with Gasteiger partial charge < -0.3 is 20.7 Å². The van der Waals surface area contributed by atoms with Gasteiger partial charge in [0.25, 0.3) is 11.8 Å². The van der Waals surface area contributed by atoms with Gasteiger partial charge in [0, 0.05) is 24.8 Å². The first-order valence-electron chi connectivity index (χ1n) is 10.9. The van der Waals surface area contributed by atoms with E-state index in [2.05, 4.69) is 5.32 Å². The van der Waals surface area contributed by atoms with Gasteiger partial charge in [0.15, 0.2) is 6.04 Å². The van der Waals surface area contributed by atoms with Gasteiger partial charge in [-0.05, 0) is 37.0 Å². The highest BCUT2D eigenvalue weighted by atomic mass is 19.4. The molecule has 1 saturated heterocycles. The van der Waals surface area contributed by atoms with Gasteiger partial charge in [-0.15, -0.1) is 0 Å². The average molecular weight is 470 g/mol. The zero-order chi connectivity index (χ0) is 24.3. The Morgan fingerprint density at radius 3 is 2.52 bits per heavy atom. The number of alkyl halides is 3. The van der Waals surface area contributed by atoms with Crippen molar-refractivity contribution in [3.8, 4) is 0 Å². The van der Waals surface area contributed by atoms with E-state index >= 15 is 0 Å². The number of ether oxygens (including phenoxy) is 1. The molecule has 1 aromatic rings. The molecule has 3 amide bonds. The second kappa shape index (κ2) is 10.1. The van der Waals surface area contributed by atoms with E-state index in [-0.39, 0.29) is 37.4 Å². The van der Waals surface area contributed by atoms with E-state index in [4.69, 9.17) is 10.5 Å². The van der Waals surface area contributed by atoms with Crippen LogP contribution < -0.4 is 16.0 Å². The lowest BCUT2D eigenvalue weighted by Gasteiger charge is -2.41. The molecule has 0 radical (unpaired) electrons. The molecule has 1 heterocycles. The number of nitrogens with one attached hydrogen (secondary N) is 1. The van der Waals surface area contributed by atoms with Crippen LogP contribution in [0.15, 0.2) is 18.2 Å². The van der Waals surface area contributed by atoms with Crippen LogP contribution in [0.3, 0.4) is 0 Å². The van der Waals surface area contributed by atoms with E-state index in [0.717, 1.165) is 31.4 Å². The van der Waals surface area contributed by atoms with Crippen molar-refractivity contribution < 1.29 is 32.3 Å². The molecule has 1 aliphatic heterocycles. The van der Waals surface area contributed by atoms with Crippen molar-refractivity contribution in [1.29, 1.82) is 0 Å². The molecule has 0 unspecified atom stereocenters. The molecule has 3 rings (SSSR count). The largest absolute Gasteiger partial charge is 0.418 e. The maximum atomic E-state index is 13.8. The summed E-state index contributed by atoms with van der Waals surface area (Å²) in [6, 6.07) is 1.82. The van der Waals surface area contributed by atoms with Crippen LogP contribution in [0.1, 0.15) is 38.7 Å². The van der Waals surface area contributed by atoms with Gasteiger partial charge >= 0.3 is 6.18 Å². The van der Waals surface area contributed by atoms with E-state index in [9.17, 15) is 27.6 Å². The molecule has 1 atom stereocenters. The first-order valence-corrected chi connectivity index (χ1v) is 10.9. The molecule has 1 saturated carbocycles. The SMILES string of the molecule is CC(C)CN(C1CCC1)[C@@H](C(N)=O)C(=O)Nc1ccc(N2CCOCC2=O)cc1C(F)(F)F. The van der Waals surface area contributed by atoms with Gasteiger partial charge in [-0.2, -0.15) is 13.2 Å². The Kier molecular flexibility index (Phi) is 7.63. The monoisotopic (exact) mass is 470 g/mol. The first-order chi connectivity index (χ1) is 15.5. The number of morpholine rings is 1. The van der Waals surface area contributed by atoms with Crippen LogP contribution in [0.5, 0.6) is 0 Å². The quantitative estimate of drug-likeness (QED) is 0.568. The van der Waals surface area contributed by atoms with Crippen molar-refractivity contribution in [2.75, 3.05) is 36.5 Å². The number of halogens is 3.